The van der Waals surface area contributed by atoms with E-state index >= 15 is 0 Å². The number of H-pyrrole nitrogens is 1. The van der Waals surface area contributed by atoms with E-state index in [1.807, 2.05) is 6.07 Å². The number of carbonyl (C=O) groups excluding carboxylic acids is 1. The van der Waals surface area contributed by atoms with E-state index in [0.717, 1.165) is 35.7 Å². The van der Waals surface area contributed by atoms with Crippen LogP contribution in [0.25, 0.3) is 22.0 Å². The first-order chi connectivity index (χ1) is 11.8. The predicted octanol–water partition coefficient (Wildman–Crippen LogP) is 4.69. The molecule has 0 unspecified atom stereocenters. The van der Waals surface area contributed by atoms with Gasteiger partial charge in [-0.2, -0.15) is 5.10 Å². The van der Waals surface area contributed by atoms with Crippen molar-refractivity contribution in [2.24, 2.45) is 5.92 Å². The normalized spacial score (nSPS) is 14.5. The summed E-state index contributed by atoms with van der Waals surface area (Å²) in [6.07, 6.45) is 5.22. The van der Waals surface area contributed by atoms with Gasteiger partial charge in [0.15, 0.2) is 5.82 Å². The van der Waals surface area contributed by atoms with Gasteiger partial charge in [0.1, 0.15) is 0 Å². The number of fused-ring (bicyclic) bond motifs is 1. The van der Waals surface area contributed by atoms with Crippen LogP contribution >= 0.6 is 11.8 Å². The molecule has 1 aliphatic carbocycles. The minimum absolute atomic E-state index is 0.0893. The lowest BCUT2D eigenvalue weighted by Gasteiger charge is -2.23. The molecule has 4 rings (SSSR count). The smallest absolute Gasteiger partial charge is 0.228 e. The van der Waals surface area contributed by atoms with Crippen LogP contribution in [0.3, 0.4) is 0 Å². The zero-order chi connectivity index (χ0) is 16.5. The van der Waals surface area contributed by atoms with Crippen molar-refractivity contribution in [1.82, 2.24) is 10.2 Å². The average Bonchev–Trinajstić information content (AvgIpc) is 2.95. The highest BCUT2D eigenvalue weighted by molar-refractivity contribution is 7.98. The minimum atomic E-state index is 0.0893. The van der Waals surface area contributed by atoms with Crippen molar-refractivity contribution in [3.05, 3.63) is 42.5 Å². The number of anilines is 1. The summed E-state index contributed by atoms with van der Waals surface area (Å²) in [5, 5.41) is 11.3. The number of thioether (sulfide) groups is 1. The highest BCUT2D eigenvalue weighted by Gasteiger charge is 2.26. The Morgan fingerprint density at radius 2 is 2.08 bits per heavy atom. The second kappa shape index (κ2) is 6.32. The summed E-state index contributed by atoms with van der Waals surface area (Å²) in [5.74, 6) is 0.877. The fourth-order valence-electron chi connectivity index (χ4n) is 3.05. The summed E-state index contributed by atoms with van der Waals surface area (Å²) in [7, 11) is 0. The molecule has 0 atom stereocenters. The Hall–Kier alpha value is -2.27. The van der Waals surface area contributed by atoms with E-state index in [2.05, 4.69) is 58.2 Å². The lowest BCUT2D eigenvalue weighted by Crippen LogP contribution is -2.28. The summed E-state index contributed by atoms with van der Waals surface area (Å²) >= 11 is 1.74. The van der Waals surface area contributed by atoms with Gasteiger partial charge in [0.2, 0.25) is 5.91 Å². The summed E-state index contributed by atoms with van der Waals surface area (Å²) < 4.78 is 0. The number of nitrogens with zero attached hydrogens (tertiary/aromatic N) is 1. The van der Waals surface area contributed by atoms with E-state index < -0.39 is 0 Å². The van der Waals surface area contributed by atoms with E-state index in [9.17, 15) is 4.79 Å². The largest absolute Gasteiger partial charge is 0.308 e. The van der Waals surface area contributed by atoms with Gasteiger partial charge in [-0.1, -0.05) is 30.7 Å². The number of nitrogens with one attached hydrogen (secondary N) is 2. The molecule has 1 fully saturated rings. The second-order valence-electron chi connectivity index (χ2n) is 6.15. The molecule has 122 valence electrons. The Labute approximate surface area is 145 Å². The number of carbonyl (C=O) groups is 1. The van der Waals surface area contributed by atoms with Gasteiger partial charge in [-0.05, 0) is 48.4 Å². The molecule has 0 spiro atoms. The van der Waals surface area contributed by atoms with Gasteiger partial charge in [0.05, 0.1) is 5.52 Å². The number of amides is 1. The Morgan fingerprint density at radius 1 is 1.25 bits per heavy atom. The number of hydrogen-bond donors (Lipinski definition) is 2. The number of benzene rings is 2. The summed E-state index contributed by atoms with van der Waals surface area (Å²) in [5.41, 5.74) is 3.29. The maximum absolute atomic E-state index is 12.1. The van der Waals surface area contributed by atoms with Crippen LogP contribution in [-0.4, -0.2) is 22.4 Å². The third kappa shape index (κ3) is 2.69. The quantitative estimate of drug-likeness (QED) is 0.679. The SMILES string of the molecule is CSc1ccccc1-c1ccc2c(NC(=O)C3CCC3)n[nH]c2c1. The Kier molecular flexibility index (Phi) is 4.02. The van der Waals surface area contributed by atoms with Gasteiger partial charge >= 0.3 is 0 Å². The molecule has 1 aromatic heterocycles. The van der Waals surface area contributed by atoms with Crippen molar-refractivity contribution in [2.45, 2.75) is 24.2 Å². The van der Waals surface area contributed by atoms with Crippen LogP contribution < -0.4 is 5.32 Å². The van der Waals surface area contributed by atoms with Crippen LogP contribution in [0.1, 0.15) is 19.3 Å². The van der Waals surface area contributed by atoms with Gasteiger partial charge in [0, 0.05) is 16.2 Å². The molecule has 3 aromatic rings. The van der Waals surface area contributed by atoms with Crippen LogP contribution in [0.15, 0.2) is 47.4 Å². The molecule has 0 radical (unpaired) electrons. The van der Waals surface area contributed by atoms with Crippen molar-refractivity contribution in [1.29, 1.82) is 0 Å². The minimum Gasteiger partial charge on any atom is -0.308 e. The molecule has 24 heavy (non-hydrogen) atoms. The predicted molar refractivity (Wildman–Crippen MR) is 99.3 cm³/mol. The van der Waals surface area contributed by atoms with E-state index in [1.165, 1.54) is 10.5 Å². The molecule has 5 heteroatoms. The van der Waals surface area contributed by atoms with Crippen molar-refractivity contribution >= 4 is 34.4 Å². The lowest BCUT2D eigenvalue weighted by atomic mass is 9.85. The van der Waals surface area contributed by atoms with Crippen LogP contribution in [0.2, 0.25) is 0 Å². The van der Waals surface area contributed by atoms with E-state index in [-0.39, 0.29) is 11.8 Å². The number of aromatic amines is 1. The summed E-state index contributed by atoms with van der Waals surface area (Å²) in [6.45, 7) is 0. The maximum Gasteiger partial charge on any atom is 0.228 e. The van der Waals surface area contributed by atoms with Gasteiger partial charge in [0.25, 0.3) is 0 Å². The van der Waals surface area contributed by atoms with Gasteiger partial charge in [-0.25, -0.2) is 0 Å². The average molecular weight is 337 g/mol. The molecular formula is C19H19N3OS. The highest BCUT2D eigenvalue weighted by Crippen LogP contribution is 2.33. The Balaban J connectivity index is 1.66. The Bertz CT molecular complexity index is 899. The molecule has 1 heterocycles. The topological polar surface area (TPSA) is 57.8 Å². The first kappa shape index (κ1) is 15.3. The number of rotatable bonds is 4. The fraction of sp³-hybridized carbons (Fsp3) is 0.263. The second-order valence-corrected chi connectivity index (χ2v) is 7.00. The molecule has 2 N–H and O–H groups in total. The van der Waals surface area contributed by atoms with Crippen molar-refractivity contribution in [3.8, 4) is 11.1 Å². The van der Waals surface area contributed by atoms with Crippen LogP contribution in [-0.2, 0) is 4.79 Å². The van der Waals surface area contributed by atoms with Gasteiger partial charge < -0.3 is 5.32 Å². The monoisotopic (exact) mass is 337 g/mol. The first-order valence-corrected chi connectivity index (χ1v) is 9.41. The lowest BCUT2D eigenvalue weighted by molar-refractivity contribution is -0.122. The van der Waals surface area contributed by atoms with Crippen molar-refractivity contribution in [3.63, 3.8) is 0 Å². The van der Waals surface area contributed by atoms with E-state index in [1.54, 1.807) is 11.8 Å². The van der Waals surface area contributed by atoms with Crippen LogP contribution in [0.4, 0.5) is 5.82 Å². The van der Waals surface area contributed by atoms with E-state index in [0.29, 0.717) is 5.82 Å². The van der Waals surface area contributed by atoms with Crippen LogP contribution in [0, 0.1) is 5.92 Å². The zero-order valence-electron chi connectivity index (χ0n) is 13.5. The highest BCUT2D eigenvalue weighted by atomic mass is 32.2. The summed E-state index contributed by atoms with van der Waals surface area (Å²) in [6, 6.07) is 14.6. The maximum atomic E-state index is 12.1. The van der Waals surface area contributed by atoms with Gasteiger partial charge in [-0.15, -0.1) is 11.8 Å². The molecule has 0 saturated heterocycles. The fourth-order valence-corrected chi connectivity index (χ4v) is 3.68. The van der Waals surface area contributed by atoms with Crippen LogP contribution in [0.5, 0.6) is 0 Å². The molecule has 1 aliphatic rings. The zero-order valence-corrected chi connectivity index (χ0v) is 14.3. The number of aromatic nitrogens is 2. The standard InChI is InChI=1S/C19H19N3OS/c1-24-17-8-3-2-7-14(17)13-9-10-15-16(11-13)21-22-18(15)20-19(23)12-5-4-6-12/h2-3,7-12H,4-6H2,1H3,(H2,20,21,22,23). The van der Waals surface area contributed by atoms with E-state index in [4.69, 9.17) is 0 Å². The number of hydrogen-bond acceptors (Lipinski definition) is 3. The molecule has 4 nitrogen and oxygen atoms in total. The third-order valence-electron chi connectivity index (χ3n) is 4.70. The molecule has 0 bridgehead atoms. The molecule has 0 aliphatic heterocycles. The van der Waals surface area contributed by atoms with Gasteiger partial charge in [-0.3, -0.25) is 9.89 Å². The molecule has 1 amide bonds. The Morgan fingerprint density at radius 3 is 2.83 bits per heavy atom. The van der Waals surface area contributed by atoms with Crippen molar-refractivity contribution in [2.75, 3.05) is 11.6 Å². The first-order valence-electron chi connectivity index (χ1n) is 8.18. The summed E-state index contributed by atoms with van der Waals surface area (Å²) in [4.78, 5) is 13.4. The third-order valence-corrected chi connectivity index (χ3v) is 5.49. The molecular weight excluding hydrogens is 318 g/mol. The van der Waals surface area contributed by atoms with Crippen molar-refractivity contribution < 1.29 is 4.79 Å². The molecule has 1 saturated carbocycles. The molecule has 2 aromatic carbocycles.